The van der Waals surface area contributed by atoms with Gasteiger partial charge in [-0.15, -0.1) is 0 Å². The molecule has 4 nitrogen and oxygen atoms in total. The van der Waals surface area contributed by atoms with Crippen molar-refractivity contribution < 1.29 is 0 Å². The molecule has 2 rings (SSSR count). The molecule has 1 aromatic carbocycles. The Morgan fingerprint density at radius 1 is 1.47 bits per heavy atom. The summed E-state index contributed by atoms with van der Waals surface area (Å²) in [5.74, 6) is 0. The molecule has 1 aromatic heterocycles. The molecule has 0 spiro atoms. The van der Waals surface area contributed by atoms with Crippen LogP contribution in [0.3, 0.4) is 0 Å². The molecule has 0 aliphatic rings. The maximum Gasteiger partial charge on any atom is 0.106 e. The molecule has 19 heavy (non-hydrogen) atoms. The SMILES string of the molecule is NC(=S)c1cc(Br)ccc1NCCCn1ccnc1. The number of hydrogen-bond donors (Lipinski definition) is 2. The first-order valence-corrected chi connectivity index (χ1v) is 7.16. The Bertz CT molecular complexity index is 554. The molecule has 1 heterocycles. The van der Waals surface area contributed by atoms with Crippen LogP contribution in [-0.4, -0.2) is 21.1 Å². The zero-order valence-corrected chi connectivity index (χ0v) is 12.7. The number of nitrogens with two attached hydrogens (primary N) is 1. The molecule has 0 aliphatic carbocycles. The monoisotopic (exact) mass is 338 g/mol. The minimum Gasteiger partial charge on any atom is -0.389 e. The Kier molecular flexibility index (Phi) is 4.93. The number of nitrogens with zero attached hydrogens (tertiary/aromatic N) is 2. The maximum absolute atomic E-state index is 5.72. The lowest BCUT2D eigenvalue weighted by Crippen LogP contribution is -2.14. The second kappa shape index (κ2) is 6.68. The summed E-state index contributed by atoms with van der Waals surface area (Å²) in [6.07, 6.45) is 6.57. The van der Waals surface area contributed by atoms with Crippen LogP contribution < -0.4 is 11.1 Å². The highest BCUT2D eigenvalue weighted by atomic mass is 79.9. The first-order chi connectivity index (χ1) is 9.16. The normalized spacial score (nSPS) is 10.4. The third-order valence-corrected chi connectivity index (χ3v) is 3.43. The smallest absolute Gasteiger partial charge is 0.106 e. The van der Waals surface area contributed by atoms with Gasteiger partial charge in [0.2, 0.25) is 0 Å². The summed E-state index contributed by atoms with van der Waals surface area (Å²) in [4.78, 5) is 4.41. The molecule has 0 bridgehead atoms. The Hall–Kier alpha value is -1.40. The van der Waals surface area contributed by atoms with Crippen molar-refractivity contribution in [3.05, 3.63) is 47.0 Å². The number of benzene rings is 1. The molecule has 0 amide bonds. The average Bonchev–Trinajstić information content (AvgIpc) is 2.89. The summed E-state index contributed by atoms with van der Waals surface area (Å²) in [6, 6.07) is 5.89. The van der Waals surface area contributed by atoms with Crippen LogP contribution in [0.1, 0.15) is 12.0 Å². The number of aromatic nitrogens is 2. The first kappa shape index (κ1) is 14.0. The zero-order chi connectivity index (χ0) is 13.7. The fourth-order valence-corrected chi connectivity index (χ4v) is 2.31. The molecule has 0 saturated carbocycles. The van der Waals surface area contributed by atoms with Crippen molar-refractivity contribution in [3.63, 3.8) is 0 Å². The van der Waals surface area contributed by atoms with E-state index < -0.39 is 0 Å². The van der Waals surface area contributed by atoms with Crippen molar-refractivity contribution >= 4 is 38.8 Å². The summed E-state index contributed by atoms with van der Waals surface area (Å²) in [7, 11) is 0. The van der Waals surface area contributed by atoms with Gasteiger partial charge in [-0.2, -0.15) is 0 Å². The summed E-state index contributed by atoms with van der Waals surface area (Å²) in [5.41, 5.74) is 7.56. The molecule has 0 atom stereocenters. The molecule has 0 unspecified atom stereocenters. The van der Waals surface area contributed by atoms with Crippen molar-refractivity contribution in [2.24, 2.45) is 5.73 Å². The van der Waals surface area contributed by atoms with Gasteiger partial charge in [-0.1, -0.05) is 28.1 Å². The van der Waals surface area contributed by atoms with E-state index in [9.17, 15) is 0 Å². The van der Waals surface area contributed by atoms with Crippen LogP contribution in [0.4, 0.5) is 5.69 Å². The average molecular weight is 339 g/mol. The van der Waals surface area contributed by atoms with Crippen LogP contribution in [0.2, 0.25) is 0 Å². The summed E-state index contributed by atoms with van der Waals surface area (Å²) >= 11 is 8.48. The van der Waals surface area contributed by atoms with E-state index in [4.69, 9.17) is 18.0 Å². The molecule has 3 N–H and O–H groups in total. The third-order valence-electron chi connectivity index (χ3n) is 2.71. The van der Waals surface area contributed by atoms with Crippen LogP contribution in [-0.2, 0) is 6.54 Å². The van der Waals surface area contributed by atoms with E-state index in [1.807, 2.05) is 30.7 Å². The fraction of sp³-hybridized carbons (Fsp3) is 0.231. The standard InChI is InChI=1S/C13H15BrN4S/c14-10-2-3-12(11(8-10)13(15)19)17-4-1-6-18-7-5-16-9-18/h2-3,5,7-9,17H,1,4,6H2,(H2,15,19). The summed E-state index contributed by atoms with van der Waals surface area (Å²) in [5, 5.41) is 3.36. The van der Waals surface area contributed by atoms with Gasteiger partial charge < -0.3 is 15.6 Å². The van der Waals surface area contributed by atoms with Crippen molar-refractivity contribution in [2.75, 3.05) is 11.9 Å². The largest absolute Gasteiger partial charge is 0.389 e. The minimum absolute atomic E-state index is 0.401. The number of imidazole rings is 1. The van der Waals surface area contributed by atoms with Gasteiger partial charge in [0.1, 0.15) is 4.99 Å². The van der Waals surface area contributed by atoms with E-state index >= 15 is 0 Å². The molecule has 0 radical (unpaired) electrons. The molecule has 100 valence electrons. The lowest BCUT2D eigenvalue weighted by atomic mass is 10.1. The van der Waals surface area contributed by atoms with E-state index in [2.05, 4.69) is 30.8 Å². The van der Waals surface area contributed by atoms with Gasteiger partial charge in [-0.3, -0.25) is 0 Å². The minimum atomic E-state index is 0.401. The molecule has 6 heteroatoms. The van der Waals surface area contributed by atoms with E-state index in [0.29, 0.717) is 4.99 Å². The molecule has 0 aliphatic heterocycles. The number of rotatable bonds is 6. The van der Waals surface area contributed by atoms with Crippen molar-refractivity contribution in [2.45, 2.75) is 13.0 Å². The maximum atomic E-state index is 5.72. The van der Waals surface area contributed by atoms with Crippen LogP contribution in [0, 0.1) is 0 Å². The predicted octanol–water partition coefficient (Wildman–Crippen LogP) is 2.78. The quantitative estimate of drug-likeness (QED) is 0.628. The molecule has 0 saturated heterocycles. The van der Waals surface area contributed by atoms with Gasteiger partial charge >= 0.3 is 0 Å². The van der Waals surface area contributed by atoms with Crippen molar-refractivity contribution in [3.8, 4) is 0 Å². The van der Waals surface area contributed by atoms with Gasteiger partial charge in [-0.25, -0.2) is 4.98 Å². The third kappa shape index (κ3) is 4.04. The Balaban J connectivity index is 1.90. The number of aryl methyl sites for hydroxylation is 1. The van der Waals surface area contributed by atoms with Crippen molar-refractivity contribution in [1.29, 1.82) is 0 Å². The number of hydrogen-bond acceptors (Lipinski definition) is 3. The second-order valence-electron chi connectivity index (χ2n) is 4.13. The highest BCUT2D eigenvalue weighted by Gasteiger charge is 2.05. The lowest BCUT2D eigenvalue weighted by Gasteiger charge is -2.11. The topological polar surface area (TPSA) is 55.9 Å². The van der Waals surface area contributed by atoms with E-state index in [1.54, 1.807) is 6.20 Å². The Morgan fingerprint density at radius 2 is 2.32 bits per heavy atom. The predicted molar refractivity (Wildman–Crippen MR) is 85.4 cm³/mol. The van der Waals surface area contributed by atoms with Crippen LogP contribution >= 0.6 is 28.1 Å². The zero-order valence-electron chi connectivity index (χ0n) is 10.3. The van der Waals surface area contributed by atoms with Gasteiger partial charge in [0.05, 0.1) is 6.33 Å². The van der Waals surface area contributed by atoms with Gasteiger partial charge in [0, 0.05) is 41.2 Å². The molecule has 0 fully saturated rings. The Labute approximate surface area is 126 Å². The fourth-order valence-electron chi connectivity index (χ4n) is 1.78. The van der Waals surface area contributed by atoms with E-state index in [0.717, 1.165) is 35.2 Å². The van der Waals surface area contributed by atoms with Crippen LogP contribution in [0.25, 0.3) is 0 Å². The number of nitrogens with one attached hydrogen (secondary N) is 1. The molecular formula is C13H15BrN4S. The Morgan fingerprint density at radius 3 is 3.00 bits per heavy atom. The van der Waals surface area contributed by atoms with Crippen LogP contribution in [0.15, 0.2) is 41.4 Å². The second-order valence-corrected chi connectivity index (χ2v) is 5.49. The number of thiocarbonyl (C=S) groups is 1. The number of anilines is 1. The first-order valence-electron chi connectivity index (χ1n) is 5.96. The summed E-state index contributed by atoms with van der Waals surface area (Å²) in [6.45, 7) is 1.79. The highest BCUT2D eigenvalue weighted by molar-refractivity contribution is 9.10. The van der Waals surface area contributed by atoms with Gasteiger partial charge in [0.15, 0.2) is 0 Å². The van der Waals surface area contributed by atoms with Crippen molar-refractivity contribution in [1.82, 2.24) is 9.55 Å². The van der Waals surface area contributed by atoms with Gasteiger partial charge in [-0.05, 0) is 24.6 Å². The highest BCUT2D eigenvalue weighted by Crippen LogP contribution is 2.21. The van der Waals surface area contributed by atoms with E-state index in [-0.39, 0.29) is 0 Å². The molecule has 2 aromatic rings. The van der Waals surface area contributed by atoms with E-state index in [1.165, 1.54) is 0 Å². The number of halogens is 1. The lowest BCUT2D eigenvalue weighted by molar-refractivity contribution is 0.661. The summed E-state index contributed by atoms with van der Waals surface area (Å²) < 4.78 is 3.02. The molecular weight excluding hydrogens is 324 g/mol. The van der Waals surface area contributed by atoms with Gasteiger partial charge in [0.25, 0.3) is 0 Å². The van der Waals surface area contributed by atoms with Crippen LogP contribution in [0.5, 0.6) is 0 Å².